The fourth-order valence-electron chi connectivity index (χ4n) is 1.71. The Hall–Kier alpha value is -3.03. The van der Waals surface area contributed by atoms with E-state index in [1.807, 2.05) is 0 Å². The molecule has 0 radical (unpaired) electrons. The van der Waals surface area contributed by atoms with Gasteiger partial charge >= 0.3 is 17.9 Å². The number of ether oxygens (including phenoxy) is 1. The molecule has 3 N–H and O–H groups in total. The lowest BCUT2D eigenvalue weighted by Gasteiger charge is -2.22. The van der Waals surface area contributed by atoms with Gasteiger partial charge in [0, 0.05) is 24.9 Å². The van der Waals surface area contributed by atoms with E-state index in [4.69, 9.17) is 14.9 Å². The van der Waals surface area contributed by atoms with E-state index in [1.165, 1.54) is 12.1 Å². The predicted octanol–water partition coefficient (Wildman–Crippen LogP) is 0.795. The third-order valence-electron chi connectivity index (χ3n) is 2.63. The second-order valence-corrected chi connectivity index (χ2v) is 4.20. The van der Waals surface area contributed by atoms with E-state index < -0.39 is 31.0 Å². The maximum absolute atomic E-state index is 11.3. The summed E-state index contributed by atoms with van der Waals surface area (Å²) in [6.07, 6.45) is 0.985. The SMILES string of the molecule is C=CC(=O)Oc1cc(N(CC(=O)O)CC(=O)O)ccc1NC. The van der Waals surface area contributed by atoms with Crippen LogP contribution < -0.4 is 15.0 Å². The lowest BCUT2D eigenvalue weighted by Crippen LogP contribution is -2.34. The molecule has 1 aromatic carbocycles. The summed E-state index contributed by atoms with van der Waals surface area (Å²) in [4.78, 5) is 34.2. The molecule has 0 amide bonds. The van der Waals surface area contributed by atoms with Gasteiger partial charge in [0.25, 0.3) is 0 Å². The van der Waals surface area contributed by atoms with Crippen molar-refractivity contribution in [2.24, 2.45) is 0 Å². The first kappa shape index (κ1) is 17.0. The molecule has 0 unspecified atom stereocenters. The molecule has 8 nitrogen and oxygen atoms in total. The molecule has 22 heavy (non-hydrogen) atoms. The largest absolute Gasteiger partial charge is 0.480 e. The van der Waals surface area contributed by atoms with Crippen molar-refractivity contribution in [1.29, 1.82) is 0 Å². The Balaban J connectivity index is 3.17. The molecule has 0 aromatic heterocycles. The monoisotopic (exact) mass is 308 g/mol. The van der Waals surface area contributed by atoms with Crippen molar-refractivity contribution in [3.8, 4) is 5.75 Å². The lowest BCUT2D eigenvalue weighted by molar-refractivity contribution is -0.136. The quantitative estimate of drug-likeness (QED) is 0.367. The van der Waals surface area contributed by atoms with Gasteiger partial charge in [0.2, 0.25) is 0 Å². The number of nitrogens with one attached hydrogen (secondary N) is 1. The van der Waals surface area contributed by atoms with Crippen molar-refractivity contribution >= 4 is 29.3 Å². The Bertz CT molecular complexity index is 583. The maximum atomic E-state index is 11.3. The number of nitrogens with zero attached hydrogens (tertiary/aromatic N) is 1. The van der Waals surface area contributed by atoms with Crippen LogP contribution in [-0.2, 0) is 14.4 Å². The number of anilines is 2. The number of aliphatic carboxylic acids is 2. The van der Waals surface area contributed by atoms with E-state index in [0.29, 0.717) is 11.4 Å². The lowest BCUT2D eigenvalue weighted by atomic mass is 10.2. The first-order valence-corrected chi connectivity index (χ1v) is 6.22. The highest BCUT2D eigenvalue weighted by atomic mass is 16.5. The summed E-state index contributed by atoms with van der Waals surface area (Å²) in [5.41, 5.74) is 0.792. The van der Waals surface area contributed by atoms with Crippen molar-refractivity contribution in [1.82, 2.24) is 0 Å². The molecule has 0 bridgehead atoms. The van der Waals surface area contributed by atoms with E-state index >= 15 is 0 Å². The summed E-state index contributed by atoms with van der Waals surface area (Å²) in [6.45, 7) is 2.29. The number of benzene rings is 1. The van der Waals surface area contributed by atoms with Gasteiger partial charge < -0.3 is 25.2 Å². The van der Waals surface area contributed by atoms with Crippen LogP contribution in [-0.4, -0.2) is 48.3 Å². The Morgan fingerprint density at radius 3 is 2.32 bits per heavy atom. The molecule has 0 aliphatic heterocycles. The molecule has 118 valence electrons. The van der Waals surface area contributed by atoms with Crippen LogP contribution in [0.5, 0.6) is 5.75 Å². The first-order valence-electron chi connectivity index (χ1n) is 6.22. The average Bonchev–Trinajstić information content (AvgIpc) is 2.45. The second kappa shape index (κ2) is 7.67. The molecule has 0 heterocycles. The molecule has 0 spiro atoms. The predicted molar refractivity (Wildman–Crippen MR) is 79.3 cm³/mol. The Kier molecular flexibility index (Phi) is 5.94. The van der Waals surface area contributed by atoms with Gasteiger partial charge in [-0.25, -0.2) is 4.79 Å². The number of esters is 1. The maximum Gasteiger partial charge on any atom is 0.335 e. The minimum atomic E-state index is -1.18. The highest BCUT2D eigenvalue weighted by Gasteiger charge is 2.17. The van der Waals surface area contributed by atoms with E-state index in [9.17, 15) is 14.4 Å². The van der Waals surface area contributed by atoms with Gasteiger partial charge in [-0.2, -0.15) is 0 Å². The number of carboxylic acids is 2. The summed E-state index contributed by atoms with van der Waals surface area (Å²) in [6, 6.07) is 4.47. The third-order valence-corrected chi connectivity index (χ3v) is 2.63. The number of carbonyl (C=O) groups excluding carboxylic acids is 1. The normalized spacial score (nSPS) is 9.68. The number of hydrogen-bond acceptors (Lipinski definition) is 6. The van der Waals surface area contributed by atoms with Crippen LogP contribution in [0.4, 0.5) is 11.4 Å². The topological polar surface area (TPSA) is 116 Å². The van der Waals surface area contributed by atoms with Crippen LogP contribution in [0.25, 0.3) is 0 Å². The second-order valence-electron chi connectivity index (χ2n) is 4.20. The fraction of sp³-hybridized carbons (Fsp3) is 0.214. The fourth-order valence-corrected chi connectivity index (χ4v) is 1.71. The average molecular weight is 308 g/mol. The minimum absolute atomic E-state index is 0.144. The van der Waals surface area contributed by atoms with Crippen molar-refractivity contribution in [3.05, 3.63) is 30.9 Å². The Labute approximate surface area is 126 Å². The zero-order valence-corrected chi connectivity index (χ0v) is 11.9. The molecule has 0 saturated carbocycles. The molecule has 0 aliphatic carbocycles. The summed E-state index contributed by atoms with van der Waals surface area (Å²) < 4.78 is 5.05. The molecule has 0 atom stereocenters. The van der Waals surface area contributed by atoms with E-state index in [0.717, 1.165) is 11.0 Å². The first-order chi connectivity index (χ1) is 10.4. The van der Waals surface area contributed by atoms with Crippen molar-refractivity contribution in [2.45, 2.75) is 0 Å². The number of carbonyl (C=O) groups is 3. The number of carboxylic acid groups (broad SMARTS) is 2. The van der Waals surface area contributed by atoms with E-state index in [1.54, 1.807) is 13.1 Å². The van der Waals surface area contributed by atoms with Crippen LogP contribution >= 0.6 is 0 Å². The van der Waals surface area contributed by atoms with Gasteiger partial charge in [-0.05, 0) is 12.1 Å². The standard InChI is InChI=1S/C14H16N2O6/c1-3-14(21)22-11-6-9(4-5-10(11)15-2)16(7-12(17)18)8-13(19)20/h3-6,15H,1,7-8H2,2H3,(H,17,18)(H,19,20). The molecule has 0 fully saturated rings. The molecular weight excluding hydrogens is 292 g/mol. The van der Waals surface area contributed by atoms with Crippen LogP contribution in [0.15, 0.2) is 30.9 Å². The van der Waals surface area contributed by atoms with Gasteiger partial charge in [0.05, 0.1) is 5.69 Å². The Morgan fingerprint density at radius 2 is 1.86 bits per heavy atom. The Morgan fingerprint density at radius 1 is 1.27 bits per heavy atom. The van der Waals surface area contributed by atoms with E-state index in [2.05, 4.69) is 11.9 Å². The summed E-state index contributed by atoms with van der Waals surface area (Å²) >= 11 is 0. The summed E-state index contributed by atoms with van der Waals surface area (Å²) in [7, 11) is 1.62. The van der Waals surface area contributed by atoms with Crippen molar-refractivity contribution in [2.75, 3.05) is 30.4 Å². The van der Waals surface area contributed by atoms with Crippen LogP contribution in [0.3, 0.4) is 0 Å². The molecule has 1 aromatic rings. The van der Waals surface area contributed by atoms with Gasteiger partial charge in [0.15, 0.2) is 5.75 Å². The molecule has 0 aliphatic rings. The molecule has 0 saturated heterocycles. The highest BCUT2D eigenvalue weighted by Crippen LogP contribution is 2.30. The van der Waals surface area contributed by atoms with Crippen LogP contribution in [0.2, 0.25) is 0 Å². The summed E-state index contributed by atoms with van der Waals surface area (Å²) in [5, 5.41) is 20.5. The molecule has 8 heteroatoms. The van der Waals surface area contributed by atoms with Crippen molar-refractivity contribution in [3.63, 3.8) is 0 Å². The molecular formula is C14H16N2O6. The number of hydrogen-bond donors (Lipinski definition) is 3. The third kappa shape index (κ3) is 4.82. The van der Waals surface area contributed by atoms with Crippen LogP contribution in [0.1, 0.15) is 0 Å². The van der Waals surface area contributed by atoms with E-state index in [-0.39, 0.29) is 5.75 Å². The van der Waals surface area contributed by atoms with Crippen molar-refractivity contribution < 1.29 is 29.3 Å². The molecule has 1 rings (SSSR count). The van der Waals surface area contributed by atoms with Gasteiger partial charge in [-0.15, -0.1) is 0 Å². The highest BCUT2D eigenvalue weighted by molar-refractivity contribution is 5.85. The number of rotatable bonds is 8. The zero-order chi connectivity index (χ0) is 16.7. The van der Waals surface area contributed by atoms with Gasteiger partial charge in [-0.3, -0.25) is 9.59 Å². The zero-order valence-electron chi connectivity index (χ0n) is 11.9. The smallest absolute Gasteiger partial charge is 0.335 e. The van der Waals surface area contributed by atoms with Gasteiger partial charge in [-0.1, -0.05) is 6.58 Å². The van der Waals surface area contributed by atoms with Crippen LogP contribution in [0, 0.1) is 0 Å². The summed E-state index contributed by atoms with van der Waals surface area (Å²) in [5.74, 6) is -2.89. The van der Waals surface area contributed by atoms with Gasteiger partial charge in [0.1, 0.15) is 13.1 Å². The minimum Gasteiger partial charge on any atom is -0.480 e.